The van der Waals surface area contributed by atoms with Crippen molar-refractivity contribution in [3.63, 3.8) is 0 Å². The Kier molecular flexibility index (Phi) is 4.24. The van der Waals surface area contributed by atoms with Gasteiger partial charge in [-0.15, -0.1) is 0 Å². The van der Waals surface area contributed by atoms with Crippen LogP contribution in [0.25, 0.3) is 10.9 Å². The van der Waals surface area contributed by atoms with Crippen molar-refractivity contribution in [1.82, 2.24) is 4.57 Å². The van der Waals surface area contributed by atoms with Crippen LogP contribution < -0.4 is 0 Å². The van der Waals surface area contributed by atoms with Crippen LogP contribution in [0.4, 0.5) is 0 Å². The molecule has 0 atom stereocenters. The maximum atomic E-state index is 12.6. The molecule has 0 spiro atoms. The SMILES string of the molecule is CCOC(=O)Cc1cccc2c1ccn2C(=O)c1ccccc1. The molecule has 0 amide bonds. The van der Waals surface area contributed by atoms with Crippen LogP contribution in [-0.2, 0) is 16.0 Å². The molecule has 1 aromatic heterocycles. The highest BCUT2D eigenvalue weighted by Gasteiger charge is 2.14. The van der Waals surface area contributed by atoms with E-state index >= 15 is 0 Å². The van der Waals surface area contributed by atoms with Gasteiger partial charge in [0, 0.05) is 17.1 Å². The smallest absolute Gasteiger partial charge is 0.310 e. The number of carbonyl (C=O) groups excluding carboxylic acids is 2. The zero-order valence-corrected chi connectivity index (χ0v) is 12.9. The van der Waals surface area contributed by atoms with E-state index in [2.05, 4.69) is 0 Å². The molecule has 4 heteroatoms. The van der Waals surface area contributed by atoms with Crippen LogP contribution in [0.3, 0.4) is 0 Å². The first-order chi connectivity index (χ1) is 11.2. The zero-order chi connectivity index (χ0) is 16.2. The Bertz CT molecular complexity index is 849. The molecule has 3 rings (SSSR count). The minimum atomic E-state index is -0.262. The van der Waals surface area contributed by atoms with Crippen molar-refractivity contribution in [2.75, 3.05) is 6.61 Å². The third kappa shape index (κ3) is 3.01. The number of ether oxygens (including phenoxy) is 1. The maximum absolute atomic E-state index is 12.6. The number of nitrogens with zero attached hydrogens (tertiary/aromatic N) is 1. The third-order valence-corrected chi connectivity index (χ3v) is 3.70. The number of fused-ring (bicyclic) bond motifs is 1. The van der Waals surface area contributed by atoms with Gasteiger partial charge in [0.05, 0.1) is 18.5 Å². The fourth-order valence-electron chi connectivity index (χ4n) is 2.65. The fraction of sp³-hybridized carbons (Fsp3) is 0.158. The molecule has 0 aliphatic rings. The number of rotatable bonds is 4. The molecule has 23 heavy (non-hydrogen) atoms. The number of hydrogen-bond donors (Lipinski definition) is 0. The highest BCUT2D eigenvalue weighted by molar-refractivity contribution is 6.03. The molecule has 0 fully saturated rings. The topological polar surface area (TPSA) is 48.3 Å². The van der Waals surface area contributed by atoms with E-state index in [-0.39, 0.29) is 18.3 Å². The van der Waals surface area contributed by atoms with Gasteiger partial charge in [0.15, 0.2) is 0 Å². The van der Waals surface area contributed by atoms with Crippen molar-refractivity contribution < 1.29 is 14.3 Å². The lowest BCUT2D eigenvalue weighted by Crippen LogP contribution is -2.11. The van der Waals surface area contributed by atoms with Gasteiger partial charge in [0.1, 0.15) is 0 Å². The average Bonchev–Trinajstić information content (AvgIpc) is 3.00. The Balaban J connectivity index is 1.98. The number of aromatic nitrogens is 1. The van der Waals surface area contributed by atoms with E-state index < -0.39 is 0 Å². The summed E-state index contributed by atoms with van der Waals surface area (Å²) < 4.78 is 6.62. The van der Waals surface area contributed by atoms with E-state index in [0.29, 0.717) is 12.2 Å². The van der Waals surface area contributed by atoms with Gasteiger partial charge in [-0.3, -0.25) is 14.2 Å². The number of benzene rings is 2. The van der Waals surface area contributed by atoms with Gasteiger partial charge in [-0.2, -0.15) is 0 Å². The summed E-state index contributed by atoms with van der Waals surface area (Å²) in [5, 5.41) is 0.893. The first-order valence-electron chi connectivity index (χ1n) is 7.55. The summed E-state index contributed by atoms with van der Waals surface area (Å²) in [6.07, 6.45) is 1.95. The van der Waals surface area contributed by atoms with Gasteiger partial charge in [0.25, 0.3) is 5.91 Å². The molecular formula is C19H17NO3. The second kappa shape index (κ2) is 6.48. The third-order valence-electron chi connectivity index (χ3n) is 3.70. The predicted molar refractivity (Wildman–Crippen MR) is 88.4 cm³/mol. The van der Waals surface area contributed by atoms with Gasteiger partial charge in [-0.05, 0) is 36.8 Å². The average molecular weight is 307 g/mol. The van der Waals surface area contributed by atoms with Crippen molar-refractivity contribution in [2.24, 2.45) is 0 Å². The van der Waals surface area contributed by atoms with Crippen LogP contribution in [0.2, 0.25) is 0 Å². The van der Waals surface area contributed by atoms with Crippen LogP contribution >= 0.6 is 0 Å². The minimum absolute atomic E-state index is 0.0890. The van der Waals surface area contributed by atoms with Crippen LogP contribution in [0.15, 0.2) is 60.8 Å². The second-order valence-corrected chi connectivity index (χ2v) is 5.19. The number of hydrogen-bond acceptors (Lipinski definition) is 3. The monoisotopic (exact) mass is 307 g/mol. The van der Waals surface area contributed by atoms with E-state index in [1.54, 1.807) is 29.8 Å². The van der Waals surface area contributed by atoms with Crippen molar-refractivity contribution in [3.8, 4) is 0 Å². The quantitative estimate of drug-likeness (QED) is 0.694. The molecule has 2 aromatic carbocycles. The van der Waals surface area contributed by atoms with E-state index in [4.69, 9.17) is 4.74 Å². The zero-order valence-electron chi connectivity index (χ0n) is 12.9. The van der Waals surface area contributed by atoms with Crippen LogP contribution in [-0.4, -0.2) is 23.1 Å². The largest absolute Gasteiger partial charge is 0.466 e. The molecule has 0 saturated heterocycles. The molecule has 0 aliphatic carbocycles. The van der Waals surface area contributed by atoms with Crippen LogP contribution in [0.5, 0.6) is 0 Å². The predicted octanol–water partition coefficient (Wildman–Crippen LogP) is 3.44. The molecule has 116 valence electrons. The Morgan fingerprint density at radius 2 is 1.78 bits per heavy atom. The Hall–Kier alpha value is -2.88. The normalized spacial score (nSPS) is 10.7. The van der Waals surface area contributed by atoms with Gasteiger partial charge in [-0.25, -0.2) is 0 Å². The lowest BCUT2D eigenvalue weighted by molar-refractivity contribution is -0.142. The number of esters is 1. The first kappa shape index (κ1) is 15.0. The van der Waals surface area contributed by atoms with E-state index in [1.165, 1.54) is 0 Å². The van der Waals surface area contributed by atoms with Gasteiger partial charge in [0.2, 0.25) is 0 Å². The first-order valence-corrected chi connectivity index (χ1v) is 7.55. The van der Waals surface area contributed by atoms with Crippen molar-refractivity contribution in [2.45, 2.75) is 13.3 Å². The molecule has 1 heterocycles. The standard InChI is InChI=1S/C19H17NO3/c1-2-23-18(21)13-15-9-6-10-17-16(15)11-12-20(17)19(22)14-7-4-3-5-8-14/h3-12H,2,13H2,1H3. The lowest BCUT2D eigenvalue weighted by atomic mass is 10.1. The van der Waals surface area contributed by atoms with E-state index in [1.807, 2.05) is 42.5 Å². The summed E-state index contributed by atoms with van der Waals surface area (Å²) in [6.45, 7) is 2.15. The maximum Gasteiger partial charge on any atom is 0.310 e. The summed E-state index contributed by atoms with van der Waals surface area (Å²) in [5.74, 6) is -0.351. The van der Waals surface area contributed by atoms with E-state index in [9.17, 15) is 9.59 Å². The molecule has 0 saturated carbocycles. The molecule has 0 unspecified atom stereocenters. The summed E-state index contributed by atoms with van der Waals surface area (Å²) in [5.41, 5.74) is 2.28. The van der Waals surface area contributed by atoms with Crippen molar-refractivity contribution in [1.29, 1.82) is 0 Å². The van der Waals surface area contributed by atoms with Gasteiger partial charge < -0.3 is 4.74 Å². The summed E-state index contributed by atoms with van der Waals surface area (Å²) in [7, 11) is 0. The summed E-state index contributed by atoms with van der Waals surface area (Å²) >= 11 is 0. The molecule has 0 aliphatic heterocycles. The highest BCUT2D eigenvalue weighted by atomic mass is 16.5. The van der Waals surface area contributed by atoms with Gasteiger partial charge >= 0.3 is 5.97 Å². The molecule has 0 bridgehead atoms. The summed E-state index contributed by atoms with van der Waals surface area (Å²) in [6, 6.07) is 16.6. The minimum Gasteiger partial charge on any atom is -0.466 e. The molecular weight excluding hydrogens is 290 g/mol. The molecule has 0 N–H and O–H groups in total. The fourth-order valence-corrected chi connectivity index (χ4v) is 2.65. The molecule has 3 aromatic rings. The summed E-state index contributed by atoms with van der Waals surface area (Å²) in [4.78, 5) is 24.4. The number of carbonyl (C=O) groups is 2. The van der Waals surface area contributed by atoms with Crippen molar-refractivity contribution >= 4 is 22.8 Å². The molecule has 4 nitrogen and oxygen atoms in total. The van der Waals surface area contributed by atoms with Crippen molar-refractivity contribution in [3.05, 3.63) is 71.9 Å². The highest BCUT2D eigenvalue weighted by Crippen LogP contribution is 2.22. The van der Waals surface area contributed by atoms with E-state index in [0.717, 1.165) is 16.5 Å². The van der Waals surface area contributed by atoms with Crippen LogP contribution in [0, 0.1) is 0 Å². The second-order valence-electron chi connectivity index (χ2n) is 5.19. The molecule has 0 radical (unpaired) electrons. The Morgan fingerprint density at radius 1 is 1.00 bits per heavy atom. The van der Waals surface area contributed by atoms with Crippen LogP contribution in [0.1, 0.15) is 22.8 Å². The van der Waals surface area contributed by atoms with Gasteiger partial charge in [-0.1, -0.05) is 30.3 Å². The Morgan fingerprint density at radius 3 is 2.52 bits per heavy atom. The Labute approximate surface area is 134 Å². The lowest BCUT2D eigenvalue weighted by Gasteiger charge is -2.06.